The first-order valence-corrected chi connectivity index (χ1v) is 14.4. The van der Waals surface area contributed by atoms with Gasteiger partial charge in [0.1, 0.15) is 5.75 Å². The van der Waals surface area contributed by atoms with Crippen molar-refractivity contribution in [3.05, 3.63) is 53.1 Å². The van der Waals surface area contributed by atoms with Crippen molar-refractivity contribution < 1.29 is 17.9 Å². The molecule has 0 saturated carbocycles. The molecule has 1 N–H and O–H groups in total. The highest BCUT2D eigenvalue weighted by atomic mass is 32.2. The van der Waals surface area contributed by atoms with Gasteiger partial charge in [-0.05, 0) is 92.0 Å². The van der Waals surface area contributed by atoms with Gasteiger partial charge in [-0.15, -0.1) is 11.8 Å². The van der Waals surface area contributed by atoms with Crippen LogP contribution in [0.5, 0.6) is 5.75 Å². The summed E-state index contributed by atoms with van der Waals surface area (Å²) in [6.45, 7) is 8.96. The van der Waals surface area contributed by atoms with Gasteiger partial charge >= 0.3 is 0 Å². The van der Waals surface area contributed by atoms with Gasteiger partial charge < -0.3 is 10.1 Å². The van der Waals surface area contributed by atoms with Crippen LogP contribution in [-0.2, 0) is 14.8 Å². The Kier molecular flexibility index (Phi) is 8.71. The van der Waals surface area contributed by atoms with E-state index in [1.165, 1.54) is 4.31 Å². The molecule has 0 aliphatic carbocycles. The smallest absolute Gasteiger partial charge is 0.243 e. The maximum absolute atomic E-state index is 13.0. The fourth-order valence-corrected chi connectivity index (χ4v) is 6.35. The third kappa shape index (κ3) is 5.78. The van der Waals surface area contributed by atoms with Crippen LogP contribution < -0.4 is 10.1 Å². The Labute approximate surface area is 208 Å². The van der Waals surface area contributed by atoms with Gasteiger partial charge in [-0.25, -0.2) is 8.42 Å². The predicted molar refractivity (Wildman–Crippen MR) is 138 cm³/mol. The summed E-state index contributed by atoms with van der Waals surface area (Å²) in [4.78, 5) is 14.4. The molecule has 1 aliphatic heterocycles. The van der Waals surface area contributed by atoms with Crippen LogP contribution in [0.4, 0.5) is 0 Å². The number of nitrogens with one attached hydrogen (secondary N) is 1. The van der Waals surface area contributed by atoms with Crippen LogP contribution in [0, 0.1) is 12.8 Å². The molecule has 34 heavy (non-hydrogen) atoms. The van der Waals surface area contributed by atoms with E-state index < -0.39 is 10.0 Å². The maximum atomic E-state index is 13.0. The molecular formula is C26H36N2O4S2. The molecule has 3 rings (SSSR count). The fraction of sp³-hybridized carbons (Fsp3) is 0.500. The summed E-state index contributed by atoms with van der Waals surface area (Å²) in [7, 11) is -1.87. The van der Waals surface area contributed by atoms with Gasteiger partial charge in [0.2, 0.25) is 15.9 Å². The highest BCUT2D eigenvalue weighted by Gasteiger charge is 2.32. The third-order valence-corrected chi connectivity index (χ3v) is 9.24. The van der Waals surface area contributed by atoms with Crippen LogP contribution in [0.2, 0.25) is 0 Å². The van der Waals surface area contributed by atoms with Gasteiger partial charge in [0.05, 0.1) is 18.0 Å². The Morgan fingerprint density at radius 1 is 1.09 bits per heavy atom. The van der Waals surface area contributed by atoms with Gasteiger partial charge in [-0.3, -0.25) is 4.79 Å². The van der Waals surface area contributed by atoms with E-state index in [9.17, 15) is 13.2 Å². The number of carbonyl (C=O) groups excluding carboxylic acids is 1. The molecule has 0 radical (unpaired) electrons. The van der Waals surface area contributed by atoms with Gasteiger partial charge in [0.25, 0.3) is 0 Å². The minimum atomic E-state index is -3.55. The molecule has 1 heterocycles. The van der Waals surface area contributed by atoms with Crippen LogP contribution >= 0.6 is 11.8 Å². The molecule has 2 aromatic rings. The minimum Gasteiger partial charge on any atom is -0.496 e. The zero-order valence-corrected chi connectivity index (χ0v) is 22.6. The van der Waals surface area contributed by atoms with Crippen molar-refractivity contribution in [1.29, 1.82) is 0 Å². The van der Waals surface area contributed by atoms with Crippen LogP contribution in [0.25, 0.3) is 0 Å². The van der Waals surface area contributed by atoms with E-state index in [2.05, 4.69) is 25.2 Å². The topological polar surface area (TPSA) is 75.7 Å². The van der Waals surface area contributed by atoms with Gasteiger partial charge in [-0.2, -0.15) is 4.31 Å². The number of ether oxygens (including phenoxy) is 1. The lowest BCUT2D eigenvalue weighted by molar-refractivity contribution is -0.126. The number of hydrogen-bond acceptors (Lipinski definition) is 5. The first-order valence-electron chi connectivity index (χ1n) is 11.7. The predicted octanol–water partition coefficient (Wildman–Crippen LogP) is 5.13. The second kappa shape index (κ2) is 11.1. The number of hydrogen-bond donors (Lipinski definition) is 1. The first-order chi connectivity index (χ1) is 16.1. The Hall–Kier alpha value is -2.03. The largest absolute Gasteiger partial charge is 0.496 e. The summed E-state index contributed by atoms with van der Waals surface area (Å²) in [5.41, 5.74) is 3.27. The van der Waals surface area contributed by atoms with E-state index in [1.54, 1.807) is 31.0 Å². The van der Waals surface area contributed by atoms with Gasteiger partial charge in [-0.1, -0.05) is 13.8 Å². The van der Waals surface area contributed by atoms with E-state index in [0.29, 0.717) is 36.7 Å². The number of carbonyl (C=O) groups is 1. The monoisotopic (exact) mass is 504 g/mol. The molecule has 1 aliphatic rings. The minimum absolute atomic E-state index is 0.0183. The summed E-state index contributed by atoms with van der Waals surface area (Å²) in [5.74, 6) is 0.956. The zero-order chi connectivity index (χ0) is 25.0. The molecule has 1 saturated heterocycles. The Bertz CT molecular complexity index is 1110. The molecular weight excluding hydrogens is 468 g/mol. The van der Waals surface area contributed by atoms with Crippen molar-refractivity contribution in [3.63, 3.8) is 0 Å². The molecule has 1 atom stereocenters. The number of benzene rings is 2. The Balaban J connectivity index is 1.64. The number of piperidine rings is 1. The molecule has 186 valence electrons. The fourth-order valence-electron chi connectivity index (χ4n) is 4.47. The summed E-state index contributed by atoms with van der Waals surface area (Å²) in [6.07, 6.45) is 2.98. The zero-order valence-electron chi connectivity index (χ0n) is 20.9. The molecule has 0 aromatic heterocycles. The van der Waals surface area contributed by atoms with Gasteiger partial charge in [0.15, 0.2) is 0 Å². The number of nitrogens with zero attached hydrogens (tertiary/aromatic N) is 1. The van der Waals surface area contributed by atoms with Crippen molar-refractivity contribution in [2.24, 2.45) is 5.92 Å². The molecule has 0 spiro atoms. The molecule has 2 aromatic carbocycles. The standard InChI is InChI=1S/C26H36N2O4S2/c1-17(2)23-16-24(18(3)15-25(23)32-5)19(4)27-26(29)20-11-13-28(14-12-20)34(30,31)22-9-7-21(33-6)8-10-22/h7-10,15-17,19-20H,11-14H2,1-6H3,(H,27,29)/t19-/m1/s1. The average Bonchev–Trinajstić information content (AvgIpc) is 2.83. The third-order valence-electron chi connectivity index (χ3n) is 6.59. The van der Waals surface area contributed by atoms with E-state index in [-0.39, 0.29) is 17.9 Å². The number of thioether (sulfide) groups is 1. The van der Waals surface area contributed by atoms with Crippen LogP contribution in [0.15, 0.2) is 46.2 Å². The van der Waals surface area contributed by atoms with Gasteiger partial charge in [0, 0.05) is 23.9 Å². The number of aryl methyl sites for hydroxylation is 1. The number of methoxy groups -OCH3 is 1. The summed E-state index contributed by atoms with van der Waals surface area (Å²) in [5, 5.41) is 3.16. The van der Waals surface area contributed by atoms with Crippen molar-refractivity contribution in [3.8, 4) is 5.75 Å². The lowest BCUT2D eigenvalue weighted by atomic mass is 9.92. The number of sulfonamides is 1. The average molecular weight is 505 g/mol. The van der Waals surface area contributed by atoms with E-state index in [1.807, 2.05) is 38.3 Å². The first kappa shape index (κ1) is 26.6. The lowest BCUT2D eigenvalue weighted by Gasteiger charge is -2.31. The quantitative estimate of drug-likeness (QED) is 0.505. The highest BCUT2D eigenvalue weighted by Crippen LogP contribution is 2.32. The molecule has 6 nitrogen and oxygen atoms in total. The molecule has 8 heteroatoms. The highest BCUT2D eigenvalue weighted by molar-refractivity contribution is 7.98. The maximum Gasteiger partial charge on any atom is 0.243 e. The van der Waals surface area contributed by atoms with E-state index >= 15 is 0 Å². The van der Waals surface area contributed by atoms with Crippen LogP contribution in [0.3, 0.4) is 0 Å². The summed E-state index contributed by atoms with van der Waals surface area (Å²) >= 11 is 1.58. The van der Waals surface area contributed by atoms with Crippen LogP contribution in [0.1, 0.15) is 62.3 Å². The Morgan fingerprint density at radius 2 is 1.71 bits per heavy atom. The molecule has 1 fully saturated rings. The Morgan fingerprint density at radius 3 is 2.24 bits per heavy atom. The summed E-state index contributed by atoms with van der Waals surface area (Å²) < 4.78 is 33.1. The van der Waals surface area contributed by atoms with Crippen molar-refractivity contribution in [2.75, 3.05) is 26.5 Å². The summed E-state index contributed by atoms with van der Waals surface area (Å²) in [6, 6.07) is 11.0. The van der Waals surface area contributed by atoms with Crippen molar-refractivity contribution in [2.45, 2.75) is 62.3 Å². The van der Waals surface area contributed by atoms with Crippen molar-refractivity contribution >= 4 is 27.7 Å². The molecule has 0 bridgehead atoms. The molecule has 0 unspecified atom stereocenters. The normalized spacial score (nSPS) is 16.4. The number of rotatable bonds is 8. The second-order valence-electron chi connectivity index (χ2n) is 9.19. The second-order valence-corrected chi connectivity index (χ2v) is 12.0. The lowest BCUT2D eigenvalue weighted by Crippen LogP contribution is -2.43. The van der Waals surface area contributed by atoms with Crippen molar-refractivity contribution in [1.82, 2.24) is 9.62 Å². The van der Waals surface area contributed by atoms with E-state index in [0.717, 1.165) is 27.3 Å². The van der Waals surface area contributed by atoms with E-state index in [4.69, 9.17) is 4.74 Å². The SMILES string of the molecule is COc1cc(C)c([C@@H](C)NC(=O)C2CCN(S(=O)(=O)c3ccc(SC)cc3)CC2)cc1C(C)C. The molecule has 1 amide bonds. The number of amides is 1. The van der Waals surface area contributed by atoms with Crippen LogP contribution in [-0.4, -0.2) is 45.1 Å².